The van der Waals surface area contributed by atoms with Crippen molar-refractivity contribution in [3.8, 4) is 0 Å². The van der Waals surface area contributed by atoms with Gasteiger partial charge in [-0.25, -0.2) is 0 Å². The van der Waals surface area contributed by atoms with Crippen LogP contribution in [0.5, 0.6) is 0 Å². The molecule has 0 bridgehead atoms. The molecule has 1 saturated heterocycles. The van der Waals surface area contributed by atoms with Crippen LogP contribution in [0.3, 0.4) is 0 Å². The van der Waals surface area contributed by atoms with Crippen molar-refractivity contribution < 1.29 is 0 Å². The van der Waals surface area contributed by atoms with Gasteiger partial charge in [0.1, 0.15) is 0 Å². The third-order valence-corrected chi connectivity index (χ3v) is 4.84. The van der Waals surface area contributed by atoms with Crippen LogP contribution in [0.25, 0.3) is 0 Å². The Bertz CT molecular complexity index is 409. The van der Waals surface area contributed by atoms with E-state index in [0.717, 1.165) is 24.5 Å². The van der Waals surface area contributed by atoms with E-state index in [-0.39, 0.29) is 0 Å². The molecule has 2 nitrogen and oxygen atoms in total. The topological polar surface area (TPSA) is 24.1 Å². The number of rotatable bonds is 4. The molecule has 2 N–H and O–H groups in total. The van der Waals surface area contributed by atoms with Gasteiger partial charge in [0.25, 0.3) is 0 Å². The fraction of sp³-hybridized carbons (Fsp3) is 0.647. The van der Waals surface area contributed by atoms with Gasteiger partial charge in [0.2, 0.25) is 0 Å². The maximum Gasteiger partial charge on any atom is 0.0208 e. The number of aryl methyl sites for hydroxylation is 1. The highest BCUT2D eigenvalue weighted by Gasteiger charge is 2.34. The van der Waals surface area contributed by atoms with Crippen LogP contribution in [-0.4, -0.2) is 18.6 Å². The smallest absolute Gasteiger partial charge is 0.0208 e. The molecule has 2 heteroatoms. The number of hydrogen-bond donors (Lipinski definition) is 2. The van der Waals surface area contributed by atoms with Crippen molar-refractivity contribution in [2.24, 2.45) is 5.92 Å². The van der Waals surface area contributed by atoms with Crippen molar-refractivity contribution in [2.75, 3.05) is 6.54 Å². The quantitative estimate of drug-likeness (QED) is 0.867. The van der Waals surface area contributed by atoms with E-state index >= 15 is 0 Å². The zero-order valence-electron chi connectivity index (χ0n) is 12.0. The molecule has 3 unspecified atom stereocenters. The fourth-order valence-corrected chi connectivity index (χ4v) is 3.87. The Labute approximate surface area is 117 Å². The van der Waals surface area contributed by atoms with Gasteiger partial charge in [0.05, 0.1) is 0 Å². The lowest BCUT2D eigenvalue weighted by molar-refractivity contribution is 0.320. The van der Waals surface area contributed by atoms with Crippen LogP contribution in [0.4, 0.5) is 0 Å². The maximum atomic E-state index is 3.81. The van der Waals surface area contributed by atoms with Gasteiger partial charge in [0.15, 0.2) is 0 Å². The number of benzene rings is 1. The lowest BCUT2D eigenvalue weighted by Gasteiger charge is -2.26. The van der Waals surface area contributed by atoms with Crippen molar-refractivity contribution in [2.45, 2.75) is 57.7 Å². The van der Waals surface area contributed by atoms with E-state index in [1.807, 2.05) is 0 Å². The molecule has 3 atom stereocenters. The lowest BCUT2D eigenvalue weighted by Crippen LogP contribution is -2.41. The van der Waals surface area contributed by atoms with Crippen LogP contribution in [0.15, 0.2) is 24.3 Å². The second-order valence-electron chi connectivity index (χ2n) is 6.27. The first kappa shape index (κ1) is 13.1. The predicted octanol–water partition coefficient (Wildman–Crippen LogP) is 3.01. The summed E-state index contributed by atoms with van der Waals surface area (Å²) in [6.45, 7) is 4.42. The summed E-state index contributed by atoms with van der Waals surface area (Å²) >= 11 is 0. The van der Waals surface area contributed by atoms with E-state index in [1.165, 1.54) is 49.8 Å². The molecule has 104 valence electrons. The average molecular weight is 258 g/mol. The van der Waals surface area contributed by atoms with E-state index in [1.54, 1.807) is 0 Å². The molecule has 3 rings (SSSR count). The summed E-state index contributed by atoms with van der Waals surface area (Å²) in [5, 5.41) is 7.51. The lowest BCUT2D eigenvalue weighted by atomic mass is 9.93. The molecule has 0 radical (unpaired) electrons. The summed E-state index contributed by atoms with van der Waals surface area (Å²) in [7, 11) is 0. The van der Waals surface area contributed by atoms with Crippen molar-refractivity contribution in [3.05, 3.63) is 35.4 Å². The van der Waals surface area contributed by atoms with Crippen molar-refractivity contribution in [1.29, 1.82) is 0 Å². The SMILES string of the molecule is Cc1cccc(CNC2CCCC2C2CCCN2)c1. The monoisotopic (exact) mass is 258 g/mol. The standard InChI is InChI=1S/C17H26N2/c1-13-5-2-6-14(11-13)12-19-17-8-3-7-15(17)16-9-4-10-18-16/h2,5-6,11,15-19H,3-4,7-10,12H2,1H3. The zero-order chi connectivity index (χ0) is 13.1. The summed E-state index contributed by atoms with van der Waals surface area (Å²) in [6, 6.07) is 10.4. The minimum atomic E-state index is 0.719. The van der Waals surface area contributed by atoms with E-state index in [2.05, 4.69) is 41.8 Å². The molecular weight excluding hydrogens is 232 g/mol. The number of hydrogen-bond acceptors (Lipinski definition) is 2. The minimum absolute atomic E-state index is 0.719. The third-order valence-electron chi connectivity index (χ3n) is 4.84. The molecule has 2 fully saturated rings. The van der Waals surface area contributed by atoms with Crippen molar-refractivity contribution >= 4 is 0 Å². The largest absolute Gasteiger partial charge is 0.314 e. The Morgan fingerprint density at radius 2 is 2.16 bits per heavy atom. The van der Waals surface area contributed by atoms with E-state index in [9.17, 15) is 0 Å². The van der Waals surface area contributed by atoms with Gasteiger partial charge in [0, 0.05) is 18.6 Å². The fourth-order valence-electron chi connectivity index (χ4n) is 3.87. The first-order valence-electron chi connectivity index (χ1n) is 7.85. The molecule has 1 saturated carbocycles. The van der Waals surface area contributed by atoms with Crippen LogP contribution in [0.2, 0.25) is 0 Å². The molecule has 19 heavy (non-hydrogen) atoms. The average Bonchev–Trinajstić information content (AvgIpc) is 3.07. The molecule has 0 spiro atoms. The van der Waals surface area contributed by atoms with Crippen LogP contribution < -0.4 is 10.6 Å². The summed E-state index contributed by atoms with van der Waals surface area (Å²) in [4.78, 5) is 0. The number of nitrogens with one attached hydrogen (secondary N) is 2. The Hall–Kier alpha value is -0.860. The molecule has 0 aromatic heterocycles. The molecule has 0 amide bonds. The normalized spacial score (nSPS) is 30.9. The highest BCUT2D eigenvalue weighted by atomic mass is 15.0. The molecular formula is C17H26N2. The molecule has 1 aliphatic heterocycles. The highest BCUT2D eigenvalue weighted by molar-refractivity contribution is 5.22. The summed E-state index contributed by atoms with van der Waals surface area (Å²) < 4.78 is 0. The Balaban J connectivity index is 1.56. The maximum absolute atomic E-state index is 3.81. The first-order valence-corrected chi connectivity index (χ1v) is 7.85. The zero-order valence-corrected chi connectivity index (χ0v) is 12.0. The van der Waals surface area contributed by atoms with E-state index in [4.69, 9.17) is 0 Å². The summed E-state index contributed by atoms with van der Waals surface area (Å²) in [6.07, 6.45) is 6.91. The Morgan fingerprint density at radius 1 is 1.21 bits per heavy atom. The van der Waals surface area contributed by atoms with Gasteiger partial charge in [-0.15, -0.1) is 0 Å². The molecule has 1 aromatic rings. The van der Waals surface area contributed by atoms with Gasteiger partial charge in [-0.1, -0.05) is 36.2 Å². The van der Waals surface area contributed by atoms with Crippen LogP contribution in [-0.2, 0) is 6.54 Å². The first-order chi connectivity index (χ1) is 9.33. The van der Waals surface area contributed by atoms with Gasteiger partial charge < -0.3 is 10.6 Å². The Kier molecular flexibility index (Phi) is 4.19. The molecule has 1 aromatic carbocycles. The van der Waals surface area contributed by atoms with Crippen LogP contribution in [0.1, 0.15) is 43.2 Å². The third kappa shape index (κ3) is 3.18. The van der Waals surface area contributed by atoms with Crippen molar-refractivity contribution in [3.63, 3.8) is 0 Å². The molecule has 1 aliphatic carbocycles. The molecule has 2 aliphatic rings. The van der Waals surface area contributed by atoms with Gasteiger partial charge in [-0.05, 0) is 50.6 Å². The summed E-state index contributed by atoms with van der Waals surface area (Å²) in [5.74, 6) is 0.854. The van der Waals surface area contributed by atoms with E-state index < -0.39 is 0 Å². The Morgan fingerprint density at radius 3 is 2.95 bits per heavy atom. The van der Waals surface area contributed by atoms with Crippen LogP contribution >= 0.6 is 0 Å². The second-order valence-corrected chi connectivity index (χ2v) is 6.27. The van der Waals surface area contributed by atoms with Gasteiger partial charge >= 0.3 is 0 Å². The predicted molar refractivity (Wildman–Crippen MR) is 80.2 cm³/mol. The van der Waals surface area contributed by atoms with Gasteiger partial charge in [-0.2, -0.15) is 0 Å². The van der Waals surface area contributed by atoms with E-state index in [0.29, 0.717) is 0 Å². The van der Waals surface area contributed by atoms with Gasteiger partial charge in [-0.3, -0.25) is 0 Å². The highest BCUT2D eigenvalue weighted by Crippen LogP contribution is 2.32. The van der Waals surface area contributed by atoms with Crippen molar-refractivity contribution in [1.82, 2.24) is 10.6 Å². The van der Waals surface area contributed by atoms with Crippen LogP contribution in [0, 0.1) is 12.8 Å². The minimum Gasteiger partial charge on any atom is -0.314 e. The molecule has 1 heterocycles. The summed E-state index contributed by atoms with van der Waals surface area (Å²) in [5.41, 5.74) is 2.78. The second kappa shape index (κ2) is 6.06.